The van der Waals surface area contributed by atoms with Gasteiger partial charge in [0.15, 0.2) is 0 Å². The van der Waals surface area contributed by atoms with E-state index < -0.39 is 17.5 Å². The van der Waals surface area contributed by atoms with Crippen LogP contribution in [-0.4, -0.2) is 47.8 Å². The number of hydrogen-bond donors (Lipinski definition) is 1. The van der Waals surface area contributed by atoms with E-state index in [1.165, 1.54) is 17.4 Å². The third-order valence-electron chi connectivity index (χ3n) is 3.74. The number of ether oxygens (including phenoxy) is 1. The molecule has 0 radical (unpaired) electrons. The maximum Gasteiger partial charge on any atom is 0.257 e. The molecule has 148 valence electrons. The van der Waals surface area contributed by atoms with Crippen molar-refractivity contribution < 1.29 is 22.7 Å². The van der Waals surface area contributed by atoms with Gasteiger partial charge < -0.3 is 14.5 Å². The topological polar surface area (TPSA) is 80.5 Å². The zero-order valence-electron chi connectivity index (χ0n) is 15.0. The first-order valence-corrected chi connectivity index (χ1v) is 9.25. The Morgan fingerprint density at radius 1 is 1.32 bits per heavy atom. The van der Waals surface area contributed by atoms with Crippen LogP contribution >= 0.6 is 11.3 Å². The van der Waals surface area contributed by atoms with Gasteiger partial charge in [-0.3, -0.25) is 9.69 Å². The summed E-state index contributed by atoms with van der Waals surface area (Å²) in [5, 5.41) is 12.4. The Kier molecular flexibility index (Phi) is 6.80. The highest BCUT2D eigenvalue weighted by Crippen LogP contribution is 2.23. The molecule has 28 heavy (non-hydrogen) atoms. The molecule has 3 aromatic rings. The summed E-state index contributed by atoms with van der Waals surface area (Å²) in [4.78, 5) is 14.9. The summed E-state index contributed by atoms with van der Waals surface area (Å²) in [6.45, 7) is 0.967. The predicted molar refractivity (Wildman–Crippen MR) is 99.8 cm³/mol. The summed E-state index contributed by atoms with van der Waals surface area (Å²) in [5.41, 5.74) is -0.0872. The number of hydrogen-bond acceptors (Lipinski definition) is 7. The van der Waals surface area contributed by atoms with Crippen molar-refractivity contribution in [3.05, 3.63) is 53.2 Å². The van der Waals surface area contributed by atoms with Crippen LogP contribution in [0, 0.1) is 11.6 Å². The van der Waals surface area contributed by atoms with Gasteiger partial charge in [-0.15, -0.1) is 21.5 Å². The predicted octanol–water partition coefficient (Wildman–Crippen LogP) is 3.16. The molecule has 0 bridgehead atoms. The second-order valence-corrected chi connectivity index (χ2v) is 6.80. The van der Waals surface area contributed by atoms with Crippen molar-refractivity contribution in [2.45, 2.75) is 6.54 Å². The van der Waals surface area contributed by atoms with E-state index in [1.54, 1.807) is 12.0 Å². The lowest BCUT2D eigenvalue weighted by molar-refractivity contribution is -0.117. The largest absolute Gasteiger partial charge is 0.419 e. The molecule has 3 rings (SSSR count). The van der Waals surface area contributed by atoms with Crippen LogP contribution in [0.15, 0.2) is 40.1 Å². The number of amides is 1. The second kappa shape index (κ2) is 9.49. The molecule has 0 aliphatic carbocycles. The van der Waals surface area contributed by atoms with Gasteiger partial charge in [0.2, 0.25) is 11.8 Å². The molecule has 2 heterocycles. The standard InChI is InChI=1S/C18H18F2N4O3S/c1-26-7-6-24(10-16(25)21-14-5-4-12(19)9-13(14)20)11-17-22-23-18(27-17)15-3-2-8-28-15/h2-5,8-9H,6-7,10-11H2,1H3,(H,21,25). The van der Waals surface area contributed by atoms with Gasteiger partial charge in [0.25, 0.3) is 5.89 Å². The molecule has 2 aromatic heterocycles. The molecule has 10 heteroatoms. The molecule has 1 amide bonds. The van der Waals surface area contributed by atoms with Gasteiger partial charge >= 0.3 is 0 Å². The van der Waals surface area contributed by atoms with E-state index in [1.807, 2.05) is 17.5 Å². The number of carbonyl (C=O) groups excluding carboxylic acids is 1. The summed E-state index contributed by atoms with van der Waals surface area (Å²) in [7, 11) is 1.55. The number of halogens is 2. The van der Waals surface area contributed by atoms with Crippen molar-refractivity contribution >= 4 is 22.9 Å². The van der Waals surface area contributed by atoms with Crippen molar-refractivity contribution in [3.8, 4) is 10.8 Å². The second-order valence-electron chi connectivity index (χ2n) is 5.85. The van der Waals surface area contributed by atoms with E-state index in [-0.39, 0.29) is 18.8 Å². The number of aromatic nitrogens is 2. The molecule has 0 fully saturated rings. The van der Waals surface area contributed by atoms with E-state index in [0.29, 0.717) is 31.0 Å². The number of nitrogens with zero attached hydrogens (tertiary/aromatic N) is 3. The maximum absolute atomic E-state index is 13.7. The summed E-state index contributed by atoms with van der Waals surface area (Å²) in [6.07, 6.45) is 0. The Bertz CT molecular complexity index is 917. The van der Waals surface area contributed by atoms with Gasteiger partial charge in [-0.1, -0.05) is 6.07 Å². The van der Waals surface area contributed by atoms with Gasteiger partial charge in [-0.2, -0.15) is 0 Å². The lowest BCUT2D eigenvalue weighted by atomic mass is 10.3. The Morgan fingerprint density at radius 3 is 2.89 bits per heavy atom. The number of carbonyl (C=O) groups is 1. The van der Waals surface area contributed by atoms with E-state index in [0.717, 1.165) is 10.9 Å². The highest BCUT2D eigenvalue weighted by Gasteiger charge is 2.17. The number of thiophene rings is 1. The van der Waals surface area contributed by atoms with Crippen LogP contribution in [-0.2, 0) is 16.1 Å². The maximum atomic E-state index is 13.7. The fourth-order valence-corrected chi connectivity index (χ4v) is 3.07. The SMILES string of the molecule is COCCN(CC(=O)Nc1ccc(F)cc1F)Cc1nnc(-c2cccs2)o1. The number of anilines is 1. The van der Waals surface area contributed by atoms with Crippen LogP contribution in [0.2, 0.25) is 0 Å². The Morgan fingerprint density at radius 2 is 2.18 bits per heavy atom. The first-order chi connectivity index (χ1) is 13.5. The van der Waals surface area contributed by atoms with Crippen LogP contribution < -0.4 is 5.32 Å². The van der Waals surface area contributed by atoms with Gasteiger partial charge in [0, 0.05) is 19.7 Å². The van der Waals surface area contributed by atoms with Crippen molar-refractivity contribution in [2.24, 2.45) is 0 Å². The Labute approximate surface area is 163 Å². The Hall–Kier alpha value is -2.69. The highest BCUT2D eigenvalue weighted by atomic mass is 32.1. The minimum Gasteiger partial charge on any atom is -0.419 e. The summed E-state index contributed by atoms with van der Waals surface area (Å²) in [6, 6.07) is 6.71. The minimum atomic E-state index is -0.839. The first-order valence-electron chi connectivity index (χ1n) is 8.37. The molecule has 1 N–H and O–H groups in total. The summed E-state index contributed by atoms with van der Waals surface area (Å²) in [5.74, 6) is -1.25. The Balaban J connectivity index is 1.63. The monoisotopic (exact) mass is 408 g/mol. The molecule has 0 saturated heterocycles. The average molecular weight is 408 g/mol. The van der Waals surface area contributed by atoms with Crippen molar-refractivity contribution in [3.63, 3.8) is 0 Å². The van der Waals surface area contributed by atoms with Crippen molar-refractivity contribution in [2.75, 3.05) is 32.1 Å². The third-order valence-corrected chi connectivity index (χ3v) is 4.60. The minimum absolute atomic E-state index is 0.0586. The molecule has 0 atom stereocenters. The molecular formula is C18H18F2N4O3S. The fraction of sp³-hybridized carbons (Fsp3) is 0.278. The van der Waals surface area contributed by atoms with E-state index >= 15 is 0 Å². The highest BCUT2D eigenvalue weighted by molar-refractivity contribution is 7.13. The smallest absolute Gasteiger partial charge is 0.257 e. The van der Waals surface area contributed by atoms with Crippen LogP contribution in [0.4, 0.5) is 14.5 Å². The van der Waals surface area contributed by atoms with Crippen LogP contribution in [0.1, 0.15) is 5.89 Å². The van der Waals surface area contributed by atoms with E-state index in [2.05, 4.69) is 15.5 Å². The lowest BCUT2D eigenvalue weighted by Crippen LogP contribution is -2.35. The molecular weight excluding hydrogens is 390 g/mol. The normalized spacial score (nSPS) is 11.1. The van der Waals surface area contributed by atoms with Crippen molar-refractivity contribution in [1.82, 2.24) is 15.1 Å². The molecule has 7 nitrogen and oxygen atoms in total. The fourth-order valence-electron chi connectivity index (χ4n) is 2.43. The first kappa shape index (κ1) is 20.1. The molecule has 0 unspecified atom stereocenters. The van der Waals surface area contributed by atoms with Gasteiger partial charge in [-0.05, 0) is 23.6 Å². The lowest BCUT2D eigenvalue weighted by Gasteiger charge is -2.19. The number of nitrogens with one attached hydrogen (secondary N) is 1. The van der Waals surface area contributed by atoms with Crippen molar-refractivity contribution in [1.29, 1.82) is 0 Å². The molecule has 0 saturated carbocycles. The number of benzene rings is 1. The van der Waals surface area contributed by atoms with E-state index in [9.17, 15) is 13.6 Å². The average Bonchev–Trinajstić information content (AvgIpc) is 3.33. The molecule has 1 aromatic carbocycles. The van der Waals surface area contributed by atoms with Gasteiger partial charge in [-0.25, -0.2) is 8.78 Å². The number of rotatable bonds is 9. The van der Waals surface area contributed by atoms with Crippen LogP contribution in [0.3, 0.4) is 0 Å². The third kappa shape index (κ3) is 5.41. The van der Waals surface area contributed by atoms with E-state index in [4.69, 9.17) is 9.15 Å². The quantitative estimate of drug-likeness (QED) is 0.586. The summed E-state index contributed by atoms with van der Waals surface area (Å²) < 4.78 is 37.4. The van der Waals surface area contributed by atoms with Crippen LogP contribution in [0.5, 0.6) is 0 Å². The van der Waals surface area contributed by atoms with Crippen LogP contribution in [0.25, 0.3) is 10.8 Å². The summed E-state index contributed by atoms with van der Waals surface area (Å²) >= 11 is 1.48. The molecule has 0 aliphatic heterocycles. The van der Waals surface area contributed by atoms with Gasteiger partial charge in [0.05, 0.1) is 30.3 Å². The zero-order chi connectivity index (χ0) is 19.9. The molecule has 0 spiro atoms. The molecule has 0 aliphatic rings. The number of methoxy groups -OCH3 is 1. The zero-order valence-corrected chi connectivity index (χ0v) is 15.8. The van der Waals surface area contributed by atoms with Gasteiger partial charge in [0.1, 0.15) is 11.6 Å².